The van der Waals surface area contributed by atoms with Crippen molar-refractivity contribution in [2.75, 3.05) is 25.5 Å². The van der Waals surface area contributed by atoms with Gasteiger partial charge in [0, 0.05) is 17.5 Å². The lowest BCUT2D eigenvalue weighted by Crippen LogP contribution is -2.56. The monoisotopic (exact) mass is 541 g/mol. The molecule has 1 aliphatic heterocycles. The summed E-state index contributed by atoms with van der Waals surface area (Å²) < 4.78 is 15.9. The van der Waals surface area contributed by atoms with E-state index in [9.17, 15) is 9.59 Å². The molecule has 2 amide bonds. The molecule has 188 valence electrons. The smallest absolute Gasteiger partial charge is 0.275 e. The number of hydrogen-bond donors (Lipinski definition) is 5. The third-order valence-electron chi connectivity index (χ3n) is 5.13. The Morgan fingerprint density at radius 1 is 1.46 bits per heavy atom. The zero-order chi connectivity index (χ0) is 25.5. The number of β-lactam (4-membered cyclic amide) rings is 1. The Balaban J connectivity index is 1.53. The number of halogens is 1. The lowest BCUT2D eigenvalue weighted by Gasteiger charge is -2.42. The van der Waals surface area contributed by atoms with Gasteiger partial charge in [-0.25, -0.2) is 4.98 Å². The van der Waals surface area contributed by atoms with E-state index in [4.69, 9.17) is 42.6 Å². The number of anilines is 1. The van der Waals surface area contributed by atoms with Crippen molar-refractivity contribution in [2.45, 2.75) is 19.4 Å². The minimum absolute atomic E-state index is 0.00391. The lowest BCUT2D eigenvalue weighted by atomic mass is 9.89. The van der Waals surface area contributed by atoms with Crippen LogP contribution in [0.4, 0.5) is 5.13 Å². The first-order chi connectivity index (χ1) is 16.7. The minimum atomic E-state index is -0.535. The summed E-state index contributed by atoms with van der Waals surface area (Å²) in [6.07, 6.45) is 0.410. The van der Waals surface area contributed by atoms with E-state index in [0.717, 1.165) is 11.3 Å². The molecule has 1 aliphatic rings. The Morgan fingerprint density at radius 2 is 2.23 bits per heavy atom. The summed E-state index contributed by atoms with van der Waals surface area (Å²) in [5.74, 6) is -0.723. The predicted molar refractivity (Wildman–Crippen MR) is 135 cm³/mol. The van der Waals surface area contributed by atoms with Gasteiger partial charge < -0.3 is 30.9 Å². The first-order valence-corrected chi connectivity index (χ1v) is 12.3. The number of oxime groups is 1. The summed E-state index contributed by atoms with van der Waals surface area (Å²) in [5, 5.41) is 16.2. The van der Waals surface area contributed by atoms with Gasteiger partial charge in [0.15, 0.2) is 17.5 Å². The number of aromatic nitrogens is 1. The molecule has 1 aromatic carbocycles. The molecule has 1 aromatic heterocycles. The third-order valence-corrected chi connectivity index (χ3v) is 6.78. The summed E-state index contributed by atoms with van der Waals surface area (Å²) in [5.41, 5.74) is 11.8. The van der Waals surface area contributed by atoms with Crippen LogP contribution in [-0.4, -0.2) is 63.0 Å². The second kappa shape index (κ2) is 12.1. The number of amidine groups is 1. The van der Waals surface area contributed by atoms with Gasteiger partial charge in [-0.3, -0.25) is 19.3 Å². The van der Waals surface area contributed by atoms with Crippen LogP contribution in [-0.2, 0) is 14.4 Å². The maximum atomic E-state index is 12.7. The van der Waals surface area contributed by atoms with Crippen LogP contribution in [0.2, 0.25) is 5.02 Å². The molecule has 0 aliphatic carbocycles. The number of rotatable bonds is 12. The Morgan fingerprint density at radius 3 is 2.83 bits per heavy atom. The Labute approximate surface area is 214 Å². The number of nitrogens with two attached hydrogens (primary N) is 2. The highest BCUT2D eigenvalue weighted by Gasteiger charge is 2.44. The number of carbonyl (C=O) groups excluding carboxylic acids is 2. The fraction of sp³-hybridized carbons (Fsp3) is 0.350. The van der Waals surface area contributed by atoms with Crippen molar-refractivity contribution in [1.82, 2.24) is 14.6 Å². The molecule has 2 unspecified atom stereocenters. The van der Waals surface area contributed by atoms with Crippen LogP contribution in [0.5, 0.6) is 5.75 Å². The molecule has 0 saturated carbocycles. The molecule has 7 N–H and O–H groups in total. The highest BCUT2D eigenvalue weighted by Crippen LogP contribution is 2.33. The molecule has 0 spiro atoms. The summed E-state index contributed by atoms with van der Waals surface area (Å²) in [7, 11) is 0. The van der Waals surface area contributed by atoms with E-state index in [1.165, 1.54) is 10.4 Å². The van der Waals surface area contributed by atoms with Crippen LogP contribution >= 0.6 is 35.2 Å². The zero-order valence-electron chi connectivity index (χ0n) is 18.6. The van der Waals surface area contributed by atoms with Gasteiger partial charge in [0.1, 0.15) is 36.1 Å². The van der Waals surface area contributed by atoms with Gasteiger partial charge in [-0.05, 0) is 31.5 Å². The fourth-order valence-corrected chi connectivity index (χ4v) is 4.54. The zero-order valence-corrected chi connectivity index (χ0v) is 21.0. The molecule has 12 nitrogen and oxygen atoms in total. The molecule has 1 fully saturated rings. The van der Waals surface area contributed by atoms with Crippen molar-refractivity contribution in [1.29, 1.82) is 5.41 Å². The molecule has 0 bridgehead atoms. The summed E-state index contributed by atoms with van der Waals surface area (Å²) >= 11 is 7.68. The number of hydrogen-bond acceptors (Lipinski definition) is 11. The van der Waals surface area contributed by atoms with Crippen molar-refractivity contribution in [3.05, 3.63) is 39.9 Å². The maximum Gasteiger partial charge on any atom is 0.275 e. The van der Waals surface area contributed by atoms with E-state index in [-0.39, 0.29) is 60.0 Å². The molecular weight excluding hydrogens is 518 g/mol. The van der Waals surface area contributed by atoms with Gasteiger partial charge in [-0.2, -0.15) is 0 Å². The van der Waals surface area contributed by atoms with Crippen LogP contribution in [0.25, 0.3) is 0 Å². The van der Waals surface area contributed by atoms with Gasteiger partial charge >= 0.3 is 0 Å². The van der Waals surface area contributed by atoms with E-state index >= 15 is 0 Å². The quantitative estimate of drug-likeness (QED) is 0.0508. The molecule has 1 saturated heterocycles. The first-order valence-electron chi connectivity index (χ1n) is 10.3. The van der Waals surface area contributed by atoms with Gasteiger partial charge in [0.2, 0.25) is 5.91 Å². The summed E-state index contributed by atoms with van der Waals surface area (Å²) in [6.45, 7) is 2.13. The second-order valence-electron chi connectivity index (χ2n) is 7.39. The van der Waals surface area contributed by atoms with Crippen LogP contribution < -0.4 is 21.5 Å². The number of ether oxygens (including phenoxy) is 1. The van der Waals surface area contributed by atoms with Gasteiger partial charge in [0.05, 0.1) is 17.0 Å². The Kier molecular flexibility index (Phi) is 9.14. The normalized spacial score (nSPS) is 17.6. The topological polar surface area (TPSA) is 189 Å². The van der Waals surface area contributed by atoms with Crippen molar-refractivity contribution in [3.8, 4) is 5.75 Å². The Hall–Kier alpha value is -3.07. The summed E-state index contributed by atoms with van der Waals surface area (Å²) in [6, 6.07) is 4.59. The number of benzene rings is 1. The van der Waals surface area contributed by atoms with Crippen molar-refractivity contribution in [2.24, 2.45) is 16.8 Å². The molecule has 2 aromatic rings. The van der Waals surface area contributed by atoms with E-state index in [1.54, 1.807) is 17.5 Å². The molecule has 15 heteroatoms. The predicted octanol–water partition coefficient (Wildman–Crippen LogP) is 1.94. The highest BCUT2D eigenvalue weighted by atomic mass is 35.5. The standard InChI is InChI=1S/C20H24ClN7O5S2/c1-10-12(19(30)28(10)35-31)4-5-25-18(29)16(14-9-34-20(24)26-14)27-33-7-6-32-15-3-2-11(17(22)23)8-13(15)21/h2-3,8-10,12,31H,4-7H2,1H3,(H3,22,23)(H2,24,26)(H,25,29). The van der Waals surface area contributed by atoms with E-state index in [0.29, 0.717) is 35.0 Å². The van der Waals surface area contributed by atoms with E-state index in [1.807, 2.05) is 6.92 Å². The molecular formula is C20H24ClN7O5S2. The van der Waals surface area contributed by atoms with Gasteiger partial charge in [0.25, 0.3) is 5.91 Å². The summed E-state index contributed by atoms with van der Waals surface area (Å²) in [4.78, 5) is 34.0. The van der Waals surface area contributed by atoms with Crippen LogP contribution in [0.1, 0.15) is 24.6 Å². The van der Waals surface area contributed by atoms with Crippen LogP contribution in [0.15, 0.2) is 28.7 Å². The molecule has 2 heterocycles. The molecule has 0 radical (unpaired) electrons. The average molecular weight is 542 g/mol. The van der Waals surface area contributed by atoms with E-state index in [2.05, 4.69) is 15.5 Å². The van der Waals surface area contributed by atoms with Gasteiger partial charge in [-0.1, -0.05) is 16.8 Å². The second-order valence-corrected chi connectivity index (χ2v) is 9.24. The molecule has 2 atom stereocenters. The largest absolute Gasteiger partial charge is 0.488 e. The minimum Gasteiger partial charge on any atom is -0.488 e. The van der Waals surface area contributed by atoms with Crippen molar-refractivity contribution in [3.63, 3.8) is 0 Å². The number of carbonyl (C=O) groups is 2. The van der Waals surface area contributed by atoms with Crippen molar-refractivity contribution >= 4 is 63.7 Å². The van der Waals surface area contributed by atoms with Gasteiger partial charge in [-0.15, -0.1) is 11.3 Å². The van der Waals surface area contributed by atoms with Crippen LogP contribution in [0, 0.1) is 11.3 Å². The highest BCUT2D eigenvalue weighted by molar-refractivity contribution is 7.92. The lowest BCUT2D eigenvalue weighted by molar-refractivity contribution is -0.145. The molecule has 3 rings (SSSR count). The number of amides is 2. The van der Waals surface area contributed by atoms with Crippen molar-refractivity contribution < 1.29 is 23.7 Å². The van der Waals surface area contributed by atoms with E-state index < -0.39 is 5.91 Å². The number of nitrogens with zero attached hydrogens (tertiary/aromatic N) is 3. The average Bonchev–Trinajstić information content (AvgIpc) is 3.25. The Bertz CT molecular complexity index is 1130. The number of thiazole rings is 1. The molecule has 35 heavy (non-hydrogen) atoms. The maximum absolute atomic E-state index is 12.7. The third kappa shape index (κ3) is 6.54. The number of nitrogen functional groups attached to an aromatic ring is 2. The fourth-order valence-electron chi connectivity index (χ4n) is 3.24. The van der Waals surface area contributed by atoms with Crippen LogP contribution in [0.3, 0.4) is 0 Å². The first kappa shape index (κ1) is 26.5. The SMILES string of the molecule is CC1C(CCNC(=O)C(=NOCCOc2ccc(C(=N)N)cc2Cl)c2csc(N)n2)C(=O)N1SO. The number of nitrogens with one attached hydrogen (secondary N) is 2.